The van der Waals surface area contributed by atoms with Crippen molar-refractivity contribution >= 4 is 0 Å². The maximum absolute atomic E-state index is 12.0. The van der Waals surface area contributed by atoms with Crippen LogP contribution in [0.4, 0.5) is 0 Å². The Morgan fingerprint density at radius 1 is 1.12 bits per heavy atom. The van der Waals surface area contributed by atoms with Gasteiger partial charge < -0.3 is 5.11 Å². The molecule has 0 radical (unpaired) electrons. The molecule has 1 nitrogen and oxygen atoms in total. The van der Waals surface area contributed by atoms with Crippen LogP contribution in [0.15, 0.2) is 23.8 Å². The summed E-state index contributed by atoms with van der Waals surface area (Å²) in [5.74, 6) is 0. The molecular formula is C15H25O-. The molecule has 0 saturated heterocycles. The Morgan fingerprint density at radius 3 is 2.00 bits per heavy atom. The van der Waals surface area contributed by atoms with Crippen molar-refractivity contribution < 1.29 is 5.11 Å². The van der Waals surface area contributed by atoms with Gasteiger partial charge in [0.2, 0.25) is 0 Å². The van der Waals surface area contributed by atoms with Gasteiger partial charge in [-0.25, -0.2) is 0 Å². The van der Waals surface area contributed by atoms with Gasteiger partial charge in [0.05, 0.1) is 0 Å². The van der Waals surface area contributed by atoms with E-state index in [4.69, 9.17) is 0 Å². The molecule has 1 heteroatoms. The van der Waals surface area contributed by atoms with Gasteiger partial charge in [0.15, 0.2) is 0 Å². The molecule has 0 fully saturated rings. The molecule has 0 aromatic carbocycles. The third-order valence-corrected chi connectivity index (χ3v) is 3.86. The van der Waals surface area contributed by atoms with Crippen molar-refractivity contribution in [1.82, 2.24) is 0 Å². The first-order valence-corrected chi connectivity index (χ1v) is 6.06. The van der Waals surface area contributed by atoms with Crippen LogP contribution < -0.4 is 5.11 Å². The third-order valence-electron chi connectivity index (χ3n) is 3.86. The molecule has 0 saturated carbocycles. The van der Waals surface area contributed by atoms with Crippen LogP contribution in [0.2, 0.25) is 0 Å². The molecule has 0 aromatic heterocycles. The first-order valence-electron chi connectivity index (χ1n) is 6.06. The van der Waals surface area contributed by atoms with Crippen LogP contribution in [0.25, 0.3) is 0 Å². The quantitative estimate of drug-likeness (QED) is 0.575. The van der Waals surface area contributed by atoms with Gasteiger partial charge in [0, 0.05) is 5.41 Å². The molecule has 16 heavy (non-hydrogen) atoms. The third kappa shape index (κ3) is 2.40. The van der Waals surface area contributed by atoms with Gasteiger partial charge in [-0.2, -0.15) is 0 Å². The molecule has 0 bridgehead atoms. The van der Waals surface area contributed by atoms with E-state index < -0.39 is 6.10 Å². The van der Waals surface area contributed by atoms with Crippen LogP contribution in [0.5, 0.6) is 0 Å². The van der Waals surface area contributed by atoms with Gasteiger partial charge in [0.1, 0.15) is 0 Å². The standard InChI is InChI=1S/C15H25O/c1-13(2,3)11-10-15(7,14(4,5)6)9-8-12(11)16/h8-10,12H,1-7H3/q-1. The van der Waals surface area contributed by atoms with Gasteiger partial charge in [-0.1, -0.05) is 78.4 Å². The van der Waals surface area contributed by atoms with Gasteiger partial charge in [-0.3, -0.25) is 0 Å². The zero-order valence-electron chi connectivity index (χ0n) is 11.7. The Balaban J connectivity index is 3.21. The number of allylic oxidation sites excluding steroid dienone is 2. The molecule has 0 amide bonds. The zero-order valence-corrected chi connectivity index (χ0v) is 11.7. The minimum atomic E-state index is -0.671. The van der Waals surface area contributed by atoms with Crippen LogP contribution >= 0.6 is 0 Å². The van der Waals surface area contributed by atoms with Crippen molar-refractivity contribution in [2.45, 2.75) is 54.6 Å². The first kappa shape index (κ1) is 13.5. The first-order chi connectivity index (χ1) is 6.97. The molecule has 2 atom stereocenters. The molecule has 0 aliphatic heterocycles. The highest BCUT2D eigenvalue weighted by Gasteiger charge is 2.36. The average molecular weight is 221 g/mol. The summed E-state index contributed by atoms with van der Waals surface area (Å²) in [5, 5.41) is 12.0. The number of hydrogen-bond donors (Lipinski definition) is 0. The Kier molecular flexibility index (Phi) is 3.15. The lowest BCUT2D eigenvalue weighted by Crippen LogP contribution is -2.39. The molecule has 92 valence electrons. The summed E-state index contributed by atoms with van der Waals surface area (Å²) in [6.07, 6.45) is 5.44. The minimum Gasteiger partial charge on any atom is -0.846 e. The Labute approximate surface area is 100 Å². The fourth-order valence-corrected chi connectivity index (χ4v) is 1.95. The van der Waals surface area contributed by atoms with Crippen LogP contribution in [-0.4, -0.2) is 6.10 Å². The maximum Gasteiger partial charge on any atom is 0.00834 e. The minimum absolute atomic E-state index is 0.0173. The highest BCUT2D eigenvalue weighted by atomic mass is 16.3. The summed E-state index contributed by atoms with van der Waals surface area (Å²) in [6.45, 7) is 15.2. The fraction of sp³-hybridized carbons (Fsp3) is 0.733. The normalized spacial score (nSPS) is 31.5. The molecule has 1 aliphatic rings. The molecule has 0 heterocycles. The second kappa shape index (κ2) is 3.73. The monoisotopic (exact) mass is 221 g/mol. The van der Waals surface area contributed by atoms with Crippen molar-refractivity contribution in [3.63, 3.8) is 0 Å². The van der Waals surface area contributed by atoms with Crippen molar-refractivity contribution in [3.05, 3.63) is 23.8 Å². The number of rotatable bonds is 0. The van der Waals surface area contributed by atoms with Crippen LogP contribution in [0, 0.1) is 16.2 Å². The SMILES string of the molecule is CC(C)(C)C1=CC(C)(C(C)(C)C)C=CC1[O-]. The van der Waals surface area contributed by atoms with Gasteiger partial charge in [-0.15, -0.1) is 0 Å². The number of hydrogen-bond acceptors (Lipinski definition) is 1. The van der Waals surface area contributed by atoms with E-state index in [1.54, 1.807) is 0 Å². The Morgan fingerprint density at radius 2 is 1.62 bits per heavy atom. The van der Waals surface area contributed by atoms with Crippen molar-refractivity contribution in [1.29, 1.82) is 0 Å². The van der Waals surface area contributed by atoms with E-state index in [1.165, 1.54) is 0 Å². The molecule has 2 unspecified atom stereocenters. The van der Waals surface area contributed by atoms with Crippen LogP contribution in [0.3, 0.4) is 0 Å². The van der Waals surface area contributed by atoms with E-state index in [0.717, 1.165) is 5.57 Å². The lowest BCUT2D eigenvalue weighted by molar-refractivity contribution is -0.393. The maximum atomic E-state index is 12.0. The second-order valence-corrected chi connectivity index (χ2v) is 7.16. The van der Waals surface area contributed by atoms with Crippen molar-refractivity contribution in [2.24, 2.45) is 16.2 Å². The molecular weight excluding hydrogens is 196 g/mol. The molecule has 1 rings (SSSR count). The van der Waals surface area contributed by atoms with Gasteiger partial charge in [0.25, 0.3) is 0 Å². The summed E-state index contributed by atoms with van der Waals surface area (Å²) in [7, 11) is 0. The summed E-state index contributed by atoms with van der Waals surface area (Å²) in [6, 6.07) is 0. The molecule has 0 spiro atoms. The summed E-state index contributed by atoms with van der Waals surface area (Å²) < 4.78 is 0. The average Bonchev–Trinajstić information content (AvgIpc) is 2.05. The van der Waals surface area contributed by atoms with Crippen LogP contribution in [-0.2, 0) is 0 Å². The predicted octanol–water partition coefficient (Wildman–Crippen LogP) is 3.31. The smallest absolute Gasteiger partial charge is 0.00834 e. The molecule has 0 N–H and O–H groups in total. The van der Waals surface area contributed by atoms with Crippen molar-refractivity contribution in [3.8, 4) is 0 Å². The lowest BCUT2D eigenvalue weighted by Gasteiger charge is -2.45. The van der Waals surface area contributed by atoms with Gasteiger partial charge >= 0.3 is 0 Å². The lowest BCUT2D eigenvalue weighted by atomic mass is 9.63. The molecule has 0 aromatic rings. The van der Waals surface area contributed by atoms with Gasteiger partial charge in [-0.05, 0) is 10.8 Å². The van der Waals surface area contributed by atoms with Crippen LogP contribution in [0.1, 0.15) is 48.5 Å². The highest BCUT2D eigenvalue weighted by Crippen LogP contribution is 2.46. The van der Waals surface area contributed by atoms with Crippen molar-refractivity contribution in [2.75, 3.05) is 0 Å². The highest BCUT2D eigenvalue weighted by molar-refractivity contribution is 5.32. The summed E-state index contributed by atoms with van der Waals surface area (Å²) >= 11 is 0. The largest absolute Gasteiger partial charge is 0.846 e. The van der Waals surface area contributed by atoms with E-state index in [0.29, 0.717) is 0 Å². The summed E-state index contributed by atoms with van der Waals surface area (Å²) in [4.78, 5) is 0. The fourth-order valence-electron chi connectivity index (χ4n) is 1.95. The zero-order chi connectivity index (χ0) is 12.8. The van der Waals surface area contributed by atoms with E-state index in [1.807, 2.05) is 6.08 Å². The Bertz CT molecular complexity index is 322. The van der Waals surface area contributed by atoms with E-state index in [-0.39, 0.29) is 16.2 Å². The topological polar surface area (TPSA) is 23.1 Å². The molecule has 1 aliphatic carbocycles. The van der Waals surface area contributed by atoms with E-state index >= 15 is 0 Å². The second-order valence-electron chi connectivity index (χ2n) is 7.16. The van der Waals surface area contributed by atoms with E-state index in [9.17, 15) is 5.11 Å². The predicted molar refractivity (Wildman–Crippen MR) is 68.0 cm³/mol. The van der Waals surface area contributed by atoms with E-state index in [2.05, 4.69) is 60.6 Å². The Hall–Kier alpha value is -0.560. The summed E-state index contributed by atoms with van der Waals surface area (Å²) in [5.41, 5.74) is 1.10.